The van der Waals surface area contributed by atoms with Crippen molar-refractivity contribution in [3.63, 3.8) is 0 Å². The van der Waals surface area contributed by atoms with Gasteiger partial charge in [0.1, 0.15) is 11.3 Å². The third-order valence-electron chi connectivity index (χ3n) is 4.83. The highest BCUT2D eigenvalue weighted by molar-refractivity contribution is 7.92. The highest BCUT2D eigenvalue weighted by atomic mass is 32.2. The van der Waals surface area contributed by atoms with Gasteiger partial charge < -0.3 is 10.1 Å². The fourth-order valence-corrected chi connectivity index (χ4v) is 4.44. The van der Waals surface area contributed by atoms with Gasteiger partial charge in [0.15, 0.2) is 0 Å². The van der Waals surface area contributed by atoms with Crippen molar-refractivity contribution in [2.24, 2.45) is 0 Å². The van der Waals surface area contributed by atoms with Crippen LogP contribution in [0.3, 0.4) is 0 Å². The second-order valence-electron chi connectivity index (χ2n) is 7.12. The van der Waals surface area contributed by atoms with Gasteiger partial charge in [-0.1, -0.05) is 36.4 Å². The number of hydrogen-bond acceptors (Lipinski definition) is 5. The van der Waals surface area contributed by atoms with Gasteiger partial charge in [0.2, 0.25) is 0 Å². The lowest BCUT2D eigenvalue weighted by Crippen LogP contribution is -2.16. The van der Waals surface area contributed by atoms with Gasteiger partial charge in [-0.3, -0.25) is 9.52 Å². The van der Waals surface area contributed by atoms with Crippen molar-refractivity contribution in [3.05, 3.63) is 90.1 Å². The lowest BCUT2D eigenvalue weighted by molar-refractivity contribution is 0.102. The lowest BCUT2D eigenvalue weighted by atomic mass is 10.1. The number of ether oxygens (including phenoxy) is 1. The molecule has 0 bridgehead atoms. The maximum Gasteiger partial charge on any atom is 0.261 e. The number of nitrogens with one attached hydrogen (secondary N) is 2. The molecular weight excluding hydrogens is 426 g/mol. The van der Waals surface area contributed by atoms with Gasteiger partial charge >= 0.3 is 0 Å². The third-order valence-corrected chi connectivity index (χ3v) is 6.21. The van der Waals surface area contributed by atoms with E-state index in [9.17, 15) is 13.2 Å². The van der Waals surface area contributed by atoms with Crippen LogP contribution in [-0.2, 0) is 10.0 Å². The molecule has 1 aromatic heterocycles. The van der Waals surface area contributed by atoms with Crippen molar-refractivity contribution in [1.29, 1.82) is 0 Å². The first-order chi connectivity index (χ1) is 15.4. The number of fused-ring (bicyclic) bond motifs is 1. The van der Waals surface area contributed by atoms with E-state index in [1.54, 1.807) is 55.6 Å². The SMILES string of the molecule is COc1cccc2c(NC(=O)c3cccc(S(=O)(=O)Nc4ccccc4)c3)cc(C)nc12. The summed E-state index contributed by atoms with van der Waals surface area (Å²) in [7, 11) is -2.29. The summed E-state index contributed by atoms with van der Waals surface area (Å²) in [4.78, 5) is 17.5. The summed E-state index contributed by atoms with van der Waals surface area (Å²) in [5.41, 5.74) is 2.56. The molecule has 0 atom stereocenters. The molecule has 0 spiro atoms. The van der Waals surface area contributed by atoms with E-state index in [0.717, 1.165) is 5.39 Å². The van der Waals surface area contributed by atoms with Crippen molar-refractivity contribution in [3.8, 4) is 5.75 Å². The number of benzene rings is 3. The molecule has 0 unspecified atom stereocenters. The van der Waals surface area contributed by atoms with Crippen molar-refractivity contribution < 1.29 is 17.9 Å². The predicted molar refractivity (Wildman–Crippen MR) is 125 cm³/mol. The smallest absolute Gasteiger partial charge is 0.261 e. The zero-order chi connectivity index (χ0) is 22.7. The van der Waals surface area contributed by atoms with Crippen LogP contribution in [0, 0.1) is 6.92 Å². The van der Waals surface area contributed by atoms with E-state index >= 15 is 0 Å². The second-order valence-corrected chi connectivity index (χ2v) is 8.80. The van der Waals surface area contributed by atoms with Gasteiger partial charge in [-0.15, -0.1) is 0 Å². The summed E-state index contributed by atoms with van der Waals surface area (Å²) >= 11 is 0. The minimum absolute atomic E-state index is 0.00793. The Bertz CT molecular complexity index is 1400. The summed E-state index contributed by atoms with van der Waals surface area (Å²) in [6, 6.07) is 21.7. The zero-order valence-corrected chi connectivity index (χ0v) is 18.3. The van der Waals surface area contributed by atoms with Gasteiger partial charge in [0.05, 0.1) is 17.7 Å². The molecule has 1 amide bonds. The number of aromatic nitrogens is 1. The van der Waals surface area contributed by atoms with E-state index in [2.05, 4.69) is 15.0 Å². The van der Waals surface area contributed by atoms with E-state index in [-0.39, 0.29) is 10.5 Å². The Kier molecular flexibility index (Phi) is 5.79. The number of para-hydroxylation sites is 2. The minimum Gasteiger partial charge on any atom is -0.494 e. The van der Waals surface area contributed by atoms with Crippen molar-refractivity contribution in [2.75, 3.05) is 17.1 Å². The Labute approximate surface area is 186 Å². The van der Waals surface area contributed by atoms with E-state index < -0.39 is 15.9 Å². The molecule has 1 heterocycles. The van der Waals surface area contributed by atoms with E-state index in [1.165, 1.54) is 18.2 Å². The van der Waals surface area contributed by atoms with Gasteiger partial charge in [-0.05, 0) is 49.4 Å². The van der Waals surface area contributed by atoms with Crippen LogP contribution in [0.1, 0.15) is 16.1 Å². The van der Waals surface area contributed by atoms with Gasteiger partial charge in [0, 0.05) is 22.3 Å². The zero-order valence-electron chi connectivity index (χ0n) is 17.5. The number of methoxy groups -OCH3 is 1. The highest BCUT2D eigenvalue weighted by Gasteiger charge is 2.18. The average molecular weight is 448 g/mol. The summed E-state index contributed by atoms with van der Waals surface area (Å²) < 4.78 is 33.4. The maximum absolute atomic E-state index is 13.0. The van der Waals surface area contributed by atoms with Crippen LogP contribution >= 0.6 is 0 Å². The molecule has 162 valence electrons. The number of sulfonamides is 1. The number of nitrogens with zero attached hydrogens (tertiary/aromatic N) is 1. The topological polar surface area (TPSA) is 97.4 Å². The van der Waals surface area contributed by atoms with Gasteiger partial charge in [-0.25, -0.2) is 13.4 Å². The Balaban J connectivity index is 1.64. The maximum atomic E-state index is 13.0. The fourth-order valence-electron chi connectivity index (χ4n) is 3.34. The largest absolute Gasteiger partial charge is 0.494 e. The number of hydrogen-bond donors (Lipinski definition) is 2. The van der Waals surface area contributed by atoms with Crippen LogP contribution in [0.25, 0.3) is 10.9 Å². The molecule has 2 N–H and O–H groups in total. The van der Waals surface area contributed by atoms with Crippen LogP contribution in [-0.4, -0.2) is 26.4 Å². The lowest BCUT2D eigenvalue weighted by Gasteiger charge is -2.13. The molecule has 4 aromatic rings. The normalized spacial score (nSPS) is 11.2. The number of aryl methyl sites for hydroxylation is 1. The molecule has 0 aliphatic carbocycles. The van der Waals surface area contributed by atoms with Crippen LogP contribution in [0.15, 0.2) is 83.8 Å². The number of amides is 1. The summed E-state index contributed by atoms with van der Waals surface area (Å²) in [6.45, 7) is 1.82. The standard InChI is InChI=1S/C24H21N3O4S/c1-16-14-21(20-12-7-13-22(31-2)23(20)25-16)26-24(28)17-8-6-11-19(15-17)32(29,30)27-18-9-4-3-5-10-18/h3-15,27H,1-2H3,(H,25,26,28). The molecule has 0 aliphatic heterocycles. The Morgan fingerprint density at radius 1 is 0.938 bits per heavy atom. The molecule has 0 saturated carbocycles. The van der Waals surface area contributed by atoms with Crippen molar-refractivity contribution in [1.82, 2.24) is 4.98 Å². The highest BCUT2D eigenvalue weighted by Crippen LogP contribution is 2.30. The number of pyridine rings is 1. The third kappa shape index (κ3) is 4.40. The van der Waals surface area contributed by atoms with Crippen molar-refractivity contribution in [2.45, 2.75) is 11.8 Å². The van der Waals surface area contributed by atoms with E-state index in [1.807, 2.05) is 19.1 Å². The van der Waals surface area contributed by atoms with Crippen LogP contribution in [0.5, 0.6) is 5.75 Å². The Morgan fingerprint density at radius 3 is 2.44 bits per heavy atom. The Morgan fingerprint density at radius 2 is 1.69 bits per heavy atom. The predicted octanol–water partition coefficient (Wildman–Crippen LogP) is 4.60. The van der Waals surface area contributed by atoms with Crippen molar-refractivity contribution >= 4 is 38.2 Å². The average Bonchev–Trinajstić information content (AvgIpc) is 2.79. The first kappa shape index (κ1) is 21.3. The number of anilines is 2. The van der Waals surface area contributed by atoms with Crippen LogP contribution in [0.4, 0.5) is 11.4 Å². The molecule has 0 aliphatic rings. The second kappa shape index (κ2) is 8.68. The molecule has 4 rings (SSSR count). The molecule has 8 heteroatoms. The molecule has 32 heavy (non-hydrogen) atoms. The number of carbonyl (C=O) groups is 1. The summed E-state index contributed by atoms with van der Waals surface area (Å²) in [5.74, 6) is 0.165. The van der Waals surface area contributed by atoms with Crippen LogP contribution in [0.2, 0.25) is 0 Å². The van der Waals surface area contributed by atoms with Gasteiger partial charge in [-0.2, -0.15) is 0 Å². The molecule has 7 nitrogen and oxygen atoms in total. The van der Waals surface area contributed by atoms with E-state index in [0.29, 0.717) is 28.3 Å². The number of rotatable bonds is 6. The molecule has 3 aromatic carbocycles. The first-order valence-electron chi connectivity index (χ1n) is 9.81. The molecule has 0 saturated heterocycles. The molecular formula is C24H21N3O4S. The monoisotopic (exact) mass is 447 g/mol. The van der Waals surface area contributed by atoms with Gasteiger partial charge in [0.25, 0.3) is 15.9 Å². The fraction of sp³-hybridized carbons (Fsp3) is 0.0833. The van der Waals surface area contributed by atoms with Crippen LogP contribution < -0.4 is 14.8 Å². The molecule has 0 radical (unpaired) electrons. The summed E-state index contributed by atoms with van der Waals surface area (Å²) in [5, 5.41) is 3.59. The number of carbonyl (C=O) groups excluding carboxylic acids is 1. The Hall–Kier alpha value is -3.91. The summed E-state index contributed by atoms with van der Waals surface area (Å²) in [6.07, 6.45) is 0. The van der Waals surface area contributed by atoms with E-state index in [4.69, 9.17) is 4.74 Å². The molecule has 0 fully saturated rings. The minimum atomic E-state index is -3.85. The first-order valence-corrected chi connectivity index (χ1v) is 11.3. The quantitative estimate of drug-likeness (QED) is 0.450.